The molecule has 0 fully saturated rings. The summed E-state index contributed by atoms with van der Waals surface area (Å²) < 4.78 is 9.93. The summed E-state index contributed by atoms with van der Waals surface area (Å²) in [4.78, 5) is 76.2. The molecule has 0 aliphatic heterocycles. The zero-order chi connectivity index (χ0) is 34.9. The highest BCUT2D eigenvalue weighted by atomic mass is 33.1. The first-order chi connectivity index (χ1) is 21.6. The summed E-state index contributed by atoms with van der Waals surface area (Å²) in [6.45, 7) is 7.14. The van der Waals surface area contributed by atoms with Crippen molar-refractivity contribution in [2.75, 3.05) is 39.5 Å². The van der Waals surface area contributed by atoms with Crippen molar-refractivity contribution in [3.63, 3.8) is 0 Å². The van der Waals surface area contributed by atoms with Crippen LogP contribution < -0.4 is 5.32 Å². The third-order valence-corrected chi connectivity index (χ3v) is 7.96. The zero-order valence-corrected chi connectivity index (χ0v) is 28.6. The van der Waals surface area contributed by atoms with Crippen molar-refractivity contribution >= 4 is 56.8 Å². The van der Waals surface area contributed by atoms with Crippen molar-refractivity contribution in [2.24, 2.45) is 0 Å². The summed E-state index contributed by atoms with van der Waals surface area (Å²) in [5.41, 5.74) is 0.0271. The lowest BCUT2D eigenvalue weighted by Crippen LogP contribution is -2.47. The number of ketones is 2. The van der Waals surface area contributed by atoms with Gasteiger partial charge < -0.3 is 19.7 Å². The molecule has 46 heavy (non-hydrogen) atoms. The fourth-order valence-electron chi connectivity index (χ4n) is 3.45. The number of nitro groups is 1. The van der Waals surface area contributed by atoms with Crippen molar-refractivity contribution in [3.8, 4) is 0 Å². The van der Waals surface area contributed by atoms with Crippen LogP contribution in [0.4, 0.5) is 10.5 Å². The van der Waals surface area contributed by atoms with E-state index in [1.165, 1.54) is 65.8 Å². The summed E-state index contributed by atoms with van der Waals surface area (Å²) in [6.07, 6.45) is 0.741. The molecule has 2 amide bonds. The minimum Gasteiger partial charge on any atom is -0.468 e. The number of nitrogens with one attached hydrogen (secondary N) is 1. The molecule has 0 aliphatic carbocycles. The van der Waals surface area contributed by atoms with Gasteiger partial charge in [-0.25, -0.2) is 9.78 Å². The van der Waals surface area contributed by atoms with Crippen molar-refractivity contribution in [1.82, 2.24) is 20.1 Å². The predicted molar refractivity (Wildman–Crippen MR) is 175 cm³/mol. The van der Waals surface area contributed by atoms with Crippen LogP contribution >= 0.6 is 21.6 Å². The number of Topliss-reactive ketones (excluding diaryl/α,β-unsaturated/α-hetero) is 2. The van der Waals surface area contributed by atoms with Crippen LogP contribution in [0.5, 0.6) is 0 Å². The number of benzene rings is 1. The van der Waals surface area contributed by atoms with E-state index < -0.39 is 35.0 Å². The van der Waals surface area contributed by atoms with Gasteiger partial charge in [0.1, 0.15) is 30.3 Å². The number of esters is 1. The topological polar surface area (TPSA) is 178 Å². The number of aromatic nitrogens is 1. The summed E-state index contributed by atoms with van der Waals surface area (Å²) in [5.74, 6) is -0.798. The zero-order valence-electron chi connectivity index (χ0n) is 27.0. The SMILES string of the molecule is CNC(CSSc1ncccc1[N+](=O)[O-])C(C)=O.COC(=O)CN(Cc1ccccc1)C(=O)CN(CC(C)=O)C(=O)OC(C)(C)C. The molecule has 1 atom stereocenters. The number of nitrogens with zero attached hydrogens (tertiary/aromatic N) is 4. The molecule has 1 aromatic heterocycles. The Labute approximate surface area is 276 Å². The number of amides is 2. The minimum atomic E-state index is -0.773. The largest absolute Gasteiger partial charge is 0.468 e. The van der Waals surface area contributed by atoms with Gasteiger partial charge in [0.05, 0.1) is 24.6 Å². The number of carbonyl (C=O) groups excluding carboxylic acids is 5. The van der Waals surface area contributed by atoms with E-state index in [1.54, 1.807) is 27.8 Å². The van der Waals surface area contributed by atoms with Gasteiger partial charge in [-0.15, -0.1) is 0 Å². The van der Waals surface area contributed by atoms with Crippen molar-refractivity contribution < 1.29 is 38.4 Å². The number of ether oxygens (including phenoxy) is 2. The van der Waals surface area contributed by atoms with Crippen LogP contribution in [0.1, 0.15) is 40.2 Å². The van der Waals surface area contributed by atoms with Crippen molar-refractivity contribution in [2.45, 2.75) is 57.8 Å². The number of carbonyl (C=O) groups is 5. The molecular formula is C30H41N5O9S2. The molecule has 0 spiro atoms. The summed E-state index contributed by atoms with van der Waals surface area (Å²) in [5, 5.41) is 14.0. The van der Waals surface area contributed by atoms with Gasteiger partial charge in [-0.1, -0.05) is 41.1 Å². The molecule has 16 heteroatoms. The van der Waals surface area contributed by atoms with Gasteiger partial charge in [-0.05, 0) is 64.1 Å². The summed E-state index contributed by atoms with van der Waals surface area (Å²) in [6, 6.07) is 11.8. The number of hydrogen-bond donors (Lipinski definition) is 1. The van der Waals surface area contributed by atoms with E-state index in [2.05, 4.69) is 15.0 Å². The van der Waals surface area contributed by atoms with Gasteiger partial charge in [-0.2, -0.15) is 0 Å². The number of pyridine rings is 1. The van der Waals surface area contributed by atoms with Gasteiger partial charge in [0.25, 0.3) is 0 Å². The smallest absolute Gasteiger partial charge is 0.411 e. The summed E-state index contributed by atoms with van der Waals surface area (Å²) >= 11 is 0. The maximum absolute atomic E-state index is 12.8. The summed E-state index contributed by atoms with van der Waals surface area (Å²) in [7, 11) is 5.51. The van der Waals surface area contributed by atoms with Crippen LogP contribution in [-0.2, 0) is 35.2 Å². The first-order valence-electron chi connectivity index (χ1n) is 14.0. The fraction of sp³-hybridized carbons (Fsp3) is 0.467. The van der Waals surface area contributed by atoms with Gasteiger partial charge in [0.2, 0.25) is 5.91 Å². The van der Waals surface area contributed by atoms with E-state index in [0.29, 0.717) is 10.8 Å². The highest BCUT2D eigenvalue weighted by Gasteiger charge is 2.28. The van der Waals surface area contributed by atoms with E-state index in [4.69, 9.17) is 4.74 Å². The van der Waals surface area contributed by atoms with Gasteiger partial charge >= 0.3 is 17.7 Å². The average molecular weight is 680 g/mol. The lowest BCUT2D eigenvalue weighted by Gasteiger charge is -2.29. The Bertz CT molecular complexity index is 1340. The fourth-order valence-corrected chi connectivity index (χ4v) is 5.83. The third kappa shape index (κ3) is 15.8. The Balaban J connectivity index is 0.000000506. The number of rotatable bonds is 15. The Morgan fingerprint density at radius 3 is 2.17 bits per heavy atom. The molecule has 1 heterocycles. The second kappa shape index (κ2) is 20.2. The molecule has 1 unspecified atom stereocenters. The maximum Gasteiger partial charge on any atom is 0.411 e. The van der Waals surface area contributed by atoms with Crippen molar-refractivity contribution in [1.29, 1.82) is 0 Å². The van der Waals surface area contributed by atoms with E-state index in [9.17, 15) is 34.1 Å². The Kier molecular flexibility index (Phi) is 17.5. The quantitative estimate of drug-likeness (QED) is 0.124. The highest BCUT2D eigenvalue weighted by molar-refractivity contribution is 8.76. The average Bonchev–Trinajstić information content (AvgIpc) is 2.98. The molecule has 0 aliphatic rings. The highest BCUT2D eigenvalue weighted by Crippen LogP contribution is 2.35. The minimum absolute atomic E-state index is 0.0150. The molecule has 0 saturated heterocycles. The normalized spacial score (nSPS) is 11.3. The van der Waals surface area contributed by atoms with Crippen LogP contribution in [-0.4, -0.2) is 100 Å². The predicted octanol–water partition coefficient (Wildman–Crippen LogP) is 3.92. The van der Waals surface area contributed by atoms with E-state index in [0.717, 1.165) is 10.5 Å². The Morgan fingerprint density at radius 1 is 1.00 bits per heavy atom. The number of methoxy groups -OCH3 is 1. The Hall–Kier alpha value is -4.02. The molecule has 252 valence electrons. The number of hydrogen-bond acceptors (Lipinski definition) is 13. The molecule has 14 nitrogen and oxygen atoms in total. The molecule has 0 radical (unpaired) electrons. The van der Waals surface area contributed by atoms with Crippen LogP contribution in [0.3, 0.4) is 0 Å². The Morgan fingerprint density at radius 2 is 1.65 bits per heavy atom. The van der Waals surface area contributed by atoms with Gasteiger partial charge in [-0.3, -0.25) is 34.2 Å². The first kappa shape index (κ1) is 40.0. The first-order valence-corrected chi connectivity index (χ1v) is 16.3. The maximum atomic E-state index is 12.8. The third-order valence-electron chi connectivity index (χ3n) is 5.67. The van der Waals surface area contributed by atoms with Crippen LogP contribution in [0.25, 0.3) is 0 Å². The molecule has 0 saturated carbocycles. The molecule has 2 rings (SSSR count). The van der Waals surface area contributed by atoms with Crippen LogP contribution in [0, 0.1) is 10.1 Å². The molecular weight excluding hydrogens is 638 g/mol. The van der Waals surface area contributed by atoms with Gasteiger partial charge in [0, 0.05) is 24.6 Å². The lowest BCUT2D eigenvalue weighted by molar-refractivity contribution is -0.388. The van der Waals surface area contributed by atoms with E-state index >= 15 is 0 Å². The van der Waals surface area contributed by atoms with Gasteiger partial charge in [0.15, 0.2) is 5.03 Å². The van der Waals surface area contributed by atoms with Crippen LogP contribution in [0.2, 0.25) is 0 Å². The molecule has 2 aromatic rings. The molecule has 0 bridgehead atoms. The van der Waals surface area contributed by atoms with Crippen molar-refractivity contribution in [3.05, 3.63) is 64.3 Å². The standard InChI is InChI=1S/C20H28N2O6.C10H13N3O3S2/c1-15(23)11-22(19(26)28-20(2,3)4)13-17(24)21(14-18(25)27-5)12-16-9-7-6-8-10-16;1-7(14)8(11-2)6-17-18-10-9(13(15)16)4-3-5-12-10/h6-10H,11-14H2,1-5H3;3-5,8,11H,6H2,1-2H3. The van der Waals surface area contributed by atoms with E-state index in [-0.39, 0.29) is 42.9 Å². The molecule has 1 aromatic carbocycles. The second-order valence-corrected chi connectivity index (χ2v) is 13.1. The lowest BCUT2D eigenvalue weighted by atomic mass is 10.2. The van der Waals surface area contributed by atoms with E-state index in [1.807, 2.05) is 30.3 Å². The second-order valence-electron chi connectivity index (χ2n) is 10.8. The molecule has 1 N–H and O–H groups in total. The monoisotopic (exact) mass is 679 g/mol. The number of likely N-dealkylation sites (N-methyl/N-ethyl adjacent to an activating group) is 1. The van der Waals surface area contributed by atoms with Crippen LogP contribution in [0.15, 0.2) is 53.7 Å².